The molecule has 0 aliphatic rings. The minimum absolute atomic E-state index is 0.0290. The summed E-state index contributed by atoms with van der Waals surface area (Å²) < 4.78 is 32.3. The number of rotatable bonds is 9. The second kappa shape index (κ2) is 10.4. The van der Waals surface area contributed by atoms with E-state index < -0.39 is 10.0 Å². The van der Waals surface area contributed by atoms with Gasteiger partial charge < -0.3 is 9.64 Å². The van der Waals surface area contributed by atoms with Gasteiger partial charge in [-0.1, -0.05) is 24.3 Å². The number of amides is 1. The largest absolute Gasteiger partial charge is 0.496 e. The zero-order valence-corrected chi connectivity index (χ0v) is 19.4. The smallest absolute Gasteiger partial charge is 0.243 e. The SMILES string of the molecule is COc1ccccc1CN(Cc1cccs1)C(=O)CN(C)S(=O)(=O)c1ccc(C#N)cc1. The number of carbonyl (C=O) groups is 1. The maximum absolute atomic E-state index is 13.2. The summed E-state index contributed by atoms with van der Waals surface area (Å²) in [5, 5.41) is 10.8. The highest BCUT2D eigenvalue weighted by Gasteiger charge is 2.26. The van der Waals surface area contributed by atoms with Crippen LogP contribution in [0.4, 0.5) is 0 Å². The van der Waals surface area contributed by atoms with Crippen molar-refractivity contribution in [2.45, 2.75) is 18.0 Å². The molecular weight excluding hydrogens is 446 g/mol. The third kappa shape index (κ3) is 5.53. The summed E-state index contributed by atoms with van der Waals surface area (Å²) >= 11 is 1.53. The Morgan fingerprint density at radius 3 is 2.41 bits per heavy atom. The number of methoxy groups -OCH3 is 1. The van der Waals surface area contributed by atoms with E-state index in [9.17, 15) is 13.2 Å². The number of nitriles is 1. The molecule has 0 bridgehead atoms. The average Bonchev–Trinajstić information content (AvgIpc) is 3.32. The first-order valence-electron chi connectivity index (χ1n) is 9.73. The van der Waals surface area contributed by atoms with Crippen LogP contribution in [0, 0.1) is 11.3 Å². The molecule has 0 saturated heterocycles. The van der Waals surface area contributed by atoms with Gasteiger partial charge in [0.25, 0.3) is 0 Å². The lowest BCUT2D eigenvalue weighted by Gasteiger charge is -2.26. The van der Waals surface area contributed by atoms with Crippen molar-refractivity contribution in [2.24, 2.45) is 0 Å². The second-order valence-electron chi connectivity index (χ2n) is 7.04. The van der Waals surface area contributed by atoms with E-state index in [1.165, 1.54) is 42.6 Å². The molecule has 3 aromatic rings. The number of hydrogen-bond acceptors (Lipinski definition) is 6. The number of carbonyl (C=O) groups excluding carboxylic acids is 1. The molecule has 1 aromatic heterocycles. The fourth-order valence-electron chi connectivity index (χ4n) is 3.12. The zero-order valence-electron chi connectivity index (χ0n) is 17.8. The van der Waals surface area contributed by atoms with Crippen molar-refractivity contribution in [3.05, 3.63) is 82.0 Å². The monoisotopic (exact) mass is 469 g/mol. The first-order valence-corrected chi connectivity index (χ1v) is 12.1. The molecule has 0 radical (unpaired) electrons. The third-order valence-corrected chi connectivity index (χ3v) is 7.56. The van der Waals surface area contributed by atoms with Crippen molar-refractivity contribution in [1.29, 1.82) is 5.26 Å². The van der Waals surface area contributed by atoms with E-state index in [0.29, 0.717) is 17.9 Å². The first-order chi connectivity index (χ1) is 15.3. The summed E-state index contributed by atoms with van der Waals surface area (Å²) in [5.74, 6) is 0.332. The molecule has 0 unspecified atom stereocenters. The molecule has 0 aliphatic heterocycles. The van der Waals surface area contributed by atoms with Crippen molar-refractivity contribution < 1.29 is 17.9 Å². The Kier molecular flexibility index (Phi) is 7.64. The lowest BCUT2D eigenvalue weighted by Crippen LogP contribution is -2.40. The van der Waals surface area contributed by atoms with Crippen molar-refractivity contribution in [3.8, 4) is 11.8 Å². The number of sulfonamides is 1. The van der Waals surface area contributed by atoms with Crippen LogP contribution >= 0.6 is 11.3 Å². The molecular formula is C23H23N3O4S2. The van der Waals surface area contributed by atoms with E-state index in [1.807, 2.05) is 47.8 Å². The van der Waals surface area contributed by atoms with Crippen LogP contribution in [0.2, 0.25) is 0 Å². The summed E-state index contributed by atoms with van der Waals surface area (Å²) in [5.41, 5.74) is 1.19. The van der Waals surface area contributed by atoms with Crippen LogP contribution in [0.25, 0.3) is 0 Å². The molecule has 3 rings (SSSR count). The Hall–Kier alpha value is -3.19. The van der Waals surface area contributed by atoms with E-state index >= 15 is 0 Å². The van der Waals surface area contributed by atoms with E-state index in [-0.39, 0.29) is 23.9 Å². The van der Waals surface area contributed by atoms with Crippen molar-refractivity contribution in [2.75, 3.05) is 20.7 Å². The Labute approximate surface area is 192 Å². The highest BCUT2D eigenvalue weighted by molar-refractivity contribution is 7.89. The number of likely N-dealkylation sites (N-methyl/N-ethyl adjacent to an activating group) is 1. The number of ether oxygens (including phenoxy) is 1. The highest BCUT2D eigenvalue weighted by atomic mass is 32.2. The van der Waals surface area contributed by atoms with E-state index in [4.69, 9.17) is 10.00 Å². The van der Waals surface area contributed by atoms with Crippen molar-refractivity contribution >= 4 is 27.3 Å². The van der Waals surface area contributed by atoms with Crippen LogP contribution in [0.3, 0.4) is 0 Å². The van der Waals surface area contributed by atoms with Crippen LogP contribution in [0.5, 0.6) is 5.75 Å². The minimum atomic E-state index is -3.89. The Morgan fingerprint density at radius 1 is 1.06 bits per heavy atom. The summed E-state index contributed by atoms with van der Waals surface area (Å²) in [6.45, 7) is 0.327. The Morgan fingerprint density at radius 2 is 1.78 bits per heavy atom. The van der Waals surface area contributed by atoms with Gasteiger partial charge in [-0.2, -0.15) is 9.57 Å². The predicted molar refractivity (Wildman–Crippen MR) is 123 cm³/mol. The molecule has 0 N–H and O–H groups in total. The maximum Gasteiger partial charge on any atom is 0.243 e. The van der Waals surface area contributed by atoms with Crippen LogP contribution in [0.15, 0.2) is 70.9 Å². The van der Waals surface area contributed by atoms with E-state index in [0.717, 1.165) is 14.7 Å². The van der Waals surface area contributed by atoms with Crippen LogP contribution in [-0.2, 0) is 27.9 Å². The normalized spacial score (nSPS) is 11.2. The van der Waals surface area contributed by atoms with Crippen molar-refractivity contribution in [3.63, 3.8) is 0 Å². The molecule has 0 fully saturated rings. The molecule has 0 saturated carbocycles. The van der Waals surface area contributed by atoms with Gasteiger partial charge in [-0.25, -0.2) is 8.42 Å². The third-order valence-electron chi connectivity index (χ3n) is 4.88. The Bertz CT molecular complexity index is 1200. The number of benzene rings is 2. The van der Waals surface area contributed by atoms with Crippen molar-refractivity contribution in [1.82, 2.24) is 9.21 Å². The number of hydrogen-bond donors (Lipinski definition) is 0. The molecule has 166 valence electrons. The average molecular weight is 470 g/mol. The standard InChI is InChI=1S/C23H23N3O4S2/c1-25(32(28,29)21-11-9-18(14-24)10-12-21)17-23(27)26(16-20-7-5-13-31-20)15-19-6-3-4-8-22(19)30-2/h3-13H,15-17H2,1-2H3. The lowest BCUT2D eigenvalue weighted by atomic mass is 10.2. The van der Waals surface area contributed by atoms with Crippen LogP contribution < -0.4 is 4.74 Å². The molecule has 9 heteroatoms. The van der Waals surface area contributed by atoms with Gasteiger partial charge in [0.2, 0.25) is 15.9 Å². The topological polar surface area (TPSA) is 90.7 Å². The Balaban J connectivity index is 1.81. The van der Waals surface area contributed by atoms with Gasteiger partial charge in [0.05, 0.1) is 36.7 Å². The quantitative estimate of drug-likeness (QED) is 0.479. The van der Waals surface area contributed by atoms with Gasteiger partial charge in [0.1, 0.15) is 5.75 Å². The number of para-hydroxylation sites is 1. The van der Waals surface area contributed by atoms with E-state index in [2.05, 4.69) is 0 Å². The molecule has 0 atom stereocenters. The lowest BCUT2D eigenvalue weighted by molar-refractivity contribution is -0.132. The summed E-state index contributed by atoms with van der Waals surface area (Å²) in [4.78, 5) is 15.8. The van der Waals surface area contributed by atoms with Gasteiger partial charge in [-0.15, -0.1) is 11.3 Å². The van der Waals surface area contributed by atoms with Crippen LogP contribution in [-0.4, -0.2) is 44.2 Å². The summed E-state index contributed by atoms with van der Waals surface area (Å²) in [6, 6.07) is 18.8. The number of thiophene rings is 1. The summed E-state index contributed by atoms with van der Waals surface area (Å²) in [7, 11) is -0.941. The molecule has 0 spiro atoms. The molecule has 1 amide bonds. The maximum atomic E-state index is 13.2. The molecule has 0 aliphatic carbocycles. The van der Waals surface area contributed by atoms with Gasteiger partial charge in [-0.3, -0.25) is 4.79 Å². The summed E-state index contributed by atoms with van der Waals surface area (Å²) in [6.07, 6.45) is 0. The molecule has 1 heterocycles. The van der Waals surface area contributed by atoms with Gasteiger partial charge in [0, 0.05) is 24.0 Å². The minimum Gasteiger partial charge on any atom is -0.496 e. The highest BCUT2D eigenvalue weighted by Crippen LogP contribution is 2.22. The molecule has 7 nitrogen and oxygen atoms in total. The van der Waals surface area contributed by atoms with E-state index in [1.54, 1.807) is 12.0 Å². The molecule has 32 heavy (non-hydrogen) atoms. The molecule has 2 aromatic carbocycles. The second-order valence-corrected chi connectivity index (χ2v) is 10.1. The van der Waals surface area contributed by atoms with Crippen LogP contribution in [0.1, 0.15) is 16.0 Å². The van der Waals surface area contributed by atoms with Gasteiger partial charge >= 0.3 is 0 Å². The fraction of sp³-hybridized carbons (Fsp3) is 0.217. The fourth-order valence-corrected chi connectivity index (χ4v) is 4.96. The first kappa shape index (κ1) is 23.5. The zero-order chi connectivity index (χ0) is 23.1. The number of nitrogens with zero attached hydrogens (tertiary/aromatic N) is 3. The predicted octanol–water partition coefficient (Wildman–Crippen LogP) is 3.48. The van der Waals surface area contributed by atoms with Gasteiger partial charge in [0.15, 0.2) is 0 Å². The van der Waals surface area contributed by atoms with Gasteiger partial charge in [-0.05, 0) is 41.8 Å².